The van der Waals surface area contributed by atoms with Gasteiger partial charge < -0.3 is 19.6 Å². The number of nitrogens with one attached hydrogen (secondary N) is 1. The topological polar surface area (TPSA) is 71.7 Å². The zero-order valence-electron chi connectivity index (χ0n) is 13.0. The van der Waals surface area contributed by atoms with Gasteiger partial charge in [-0.2, -0.15) is 8.78 Å². The standard InChI is InChI=1S/C18H15F2NO4/c19-18(20)25-12-7-5-11(6-8-12)15(22)9-21-17(23)14-10-24-16-4-2-1-3-13(14)16/h1-8,10,15,18,22H,9H2,(H,21,23). The van der Waals surface area contributed by atoms with Crippen LogP contribution in [0.1, 0.15) is 22.0 Å². The highest BCUT2D eigenvalue weighted by Gasteiger charge is 2.15. The molecule has 2 N–H and O–H groups in total. The molecule has 25 heavy (non-hydrogen) atoms. The van der Waals surface area contributed by atoms with Crippen molar-refractivity contribution in [1.82, 2.24) is 5.32 Å². The van der Waals surface area contributed by atoms with Gasteiger partial charge in [0.25, 0.3) is 5.91 Å². The van der Waals surface area contributed by atoms with Gasteiger partial charge in [-0.3, -0.25) is 4.79 Å². The number of halogens is 2. The van der Waals surface area contributed by atoms with Crippen LogP contribution in [0.4, 0.5) is 8.78 Å². The summed E-state index contributed by atoms with van der Waals surface area (Å²) in [5.74, 6) is -0.374. The Bertz CT molecular complexity index is 861. The highest BCUT2D eigenvalue weighted by Crippen LogP contribution is 2.21. The van der Waals surface area contributed by atoms with Gasteiger partial charge >= 0.3 is 6.61 Å². The Morgan fingerprint density at radius 1 is 1.16 bits per heavy atom. The van der Waals surface area contributed by atoms with E-state index < -0.39 is 12.7 Å². The van der Waals surface area contributed by atoms with E-state index in [1.807, 2.05) is 0 Å². The first-order valence-corrected chi connectivity index (χ1v) is 7.52. The van der Waals surface area contributed by atoms with E-state index in [4.69, 9.17) is 4.42 Å². The quantitative estimate of drug-likeness (QED) is 0.716. The van der Waals surface area contributed by atoms with Crippen LogP contribution in [0.3, 0.4) is 0 Å². The predicted molar refractivity (Wildman–Crippen MR) is 86.6 cm³/mol. The van der Waals surface area contributed by atoms with Gasteiger partial charge in [-0.05, 0) is 23.8 Å². The molecule has 0 fully saturated rings. The van der Waals surface area contributed by atoms with Crippen LogP contribution < -0.4 is 10.1 Å². The second-order valence-corrected chi connectivity index (χ2v) is 5.32. The summed E-state index contributed by atoms with van der Waals surface area (Å²) in [6.45, 7) is -2.94. The predicted octanol–water partition coefficient (Wildman–Crippen LogP) is 3.50. The van der Waals surface area contributed by atoms with Gasteiger partial charge in [-0.15, -0.1) is 0 Å². The second-order valence-electron chi connectivity index (χ2n) is 5.32. The normalized spacial score (nSPS) is 12.3. The van der Waals surface area contributed by atoms with Crippen molar-refractivity contribution in [1.29, 1.82) is 0 Å². The molecule has 1 heterocycles. The average Bonchev–Trinajstić information content (AvgIpc) is 3.03. The summed E-state index contributed by atoms with van der Waals surface area (Å²) >= 11 is 0. The van der Waals surface area contributed by atoms with Gasteiger partial charge in [0, 0.05) is 11.9 Å². The lowest BCUT2D eigenvalue weighted by Crippen LogP contribution is -2.28. The van der Waals surface area contributed by atoms with Crippen molar-refractivity contribution in [3.8, 4) is 5.75 Å². The number of hydrogen-bond donors (Lipinski definition) is 2. The van der Waals surface area contributed by atoms with Gasteiger partial charge in [0.1, 0.15) is 17.6 Å². The molecule has 0 aliphatic rings. The van der Waals surface area contributed by atoms with Crippen molar-refractivity contribution in [2.75, 3.05) is 6.54 Å². The van der Waals surface area contributed by atoms with E-state index in [1.54, 1.807) is 24.3 Å². The lowest BCUT2D eigenvalue weighted by atomic mass is 10.1. The van der Waals surface area contributed by atoms with Crippen molar-refractivity contribution >= 4 is 16.9 Å². The number of para-hydroxylation sites is 1. The minimum absolute atomic E-state index is 0.000137. The summed E-state index contributed by atoms with van der Waals surface area (Å²) in [4.78, 5) is 12.2. The Balaban J connectivity index is 1.61. The monoisotopic (exact) mass is 347 g/mol. The number of aliphatic hydroxyl groups is 1. The summed E-state index contributed by atoms with van der Waals surface area (Å²) in [5.41, 5.74) is 1.45. The molecule has 0 spiro atoms. The fourth-order valence-electron chi connectivity index (χ4n) is 2.43. The number of fused-ring (bicyclic) bond motifs is 1. The number of alkyl halides is 2. The maximum Gasteiger partial charge on any atom is 0.387 e. The minimum Gasteiger partial charge on any atom is -0.463 e. The molecule has 3 aromatic rings. The molecule has 1 atom stereocenters. The molecule has 1 aromatic heterocycles. The van der Waals surface area contributed by atoms with Gasteiger partial charge in [0.2, 0.25) is 0 Å². The first kappa shape index (κ1) is 16.9. The van der Waals surface area contributed by atoms with E-state index in [2.05, 4.69) is 10.1 Å². The summed E-state index contributed by atoms with van der Waals surface area (Å²) in [6.07, 6.45) is 0.380. The maximum absolute atomic E-state index is 12.2. The van der Waals surface area contributed by atoms with Gasteiger partial charge in [-0.1, -0.05) is 30.3 Å². The maximum atomic E-state index is 12.2. The molecule has 5 nitrogen and oxygen atoms in total. The number of ether oxygens (including phenoxy) is 1. The third-order valence-corrected chi connectivity index (χ3v) is 3.67. The molecule has 0 bridgehead atoms. The Kier molecular flexibility index (Phi) is 4.95. The highest BCUT2D eigenvalue weighted by atomic mass is 19.3. The molecule has 130 valence electrons. The fraction of sp³-hybridized carbons (Fsp3) is 0.167. The summed E-state index contributed by atoms with van der Waals surface area (Å²) in [5, 5.41) is 13.4. The molecule has 1 amide bonds. The Morgan fingerprint density at radius 2 is 1.88 bits per heavy atom. The van der Waals surface area contributed by atoms with E-state index in [9.17, 15) is 18.7 Å². The molecule has 0 aliphatic carbocycles. The molecule has 3 rings (SSSR count). The number of aliphatic hydroxyl groups excluding tert-OH is 1. The summed E-state index contributed by atoms with van der Waals surface area (Å²) in [6, 6.07) is 12.7. The van der Waals surface area contributed by atoms with Crippen LogP contribution in [-0.2, 0) is 0 Å². The Morgan fingerprint density at radius 3 is 2.60 bits per heavy atom. The first-order valence-electron chi connectivity index (χ1n) is 7.52. The third-order valence-electron chi connectivity index (χ3n) is 3.67. The molecule has 0 saturated heterocycles. The molecule has 0 radical (unpaired) electrons. The van der Waals surface area contributed by atoms with Gasteiger partial charge in [0.15, 0.2) is 0 Å². The number of hydrogen-bond acceptors (Lipinski definition) is 4. The summed E-state index contributed by atoms with van der Waals surface area (Å²) in [7, 11) is 0. The number of carbonyl (C=O) groups is 1. The van der Waals surface area contributed by atoms with Crippen molar-refractivity contribution in [3.05, 3.63) is 65.9 Å². The van der Waals surface area contributed by atoms with Crippen LogP contribution in [-0.4, -0.2) is 24.2 Å². The third kappa shape index (κ3) is 3.95. The molecular formula is C18H15F2NO4. The number of rotatable bonds is 6. The molecule has 0 aliphatic heterocycles. The van der Waals surface area contributed by atoms with E-state index in [-0.39, 0.29) is 18.2 Å². The smallest absolute Gasteiger partial charge is 0.387 e. The van der Waals surface area contributed by atoms with E-state index in [1.165, 1.54) is 30.5 Å². The lowest BCUT2D eigenvalue weighted by molar-refractivity contribution is -0.0498. The lowest BCUT2D eigenvalue weighted by Gasteiger charge is -2.13. The van der Waals surface area contributed by atoms with Crippen LogP contribution in [0.5, 0.6) is 5.75 Å². The van der Waals surface area contributed by atoms with Gasteiger partial charge in [-0.25, -0.2) is 0 Å². The van der Waals surface area contributed by atoms with Crippen LogP contribution in [0.15, 0.2) is 59.2 Å². The van der Waals surface area contributed by atoms with Crippen LogP contribution in [0.25, 0.3) is 11.0 Å². The van der Waals surface area contributed by atoms with E-state index in [0.717, 1.165) is 0 Å². The summed E-state index contributed by atoms with van der Waals surface area (Å²) < 4.78 is 33.8. The molecule has 2 aromatic carbocycles. The van der Waals surface area contributed by atoms with Crippen molar-refractivity contribution in [2.24, 2.45) is 0 Å². The van der Waals surface area contributed by atoms with Crippen molar-refractivity contribution < 1.29 is 27.8 Å². The van der Waals surface area contributed by atoms with E-state index in [0.29, 0.717) is 22.1 Å². The largest absolute Gasteiger partial charge is 0.463 e. The Labute approximate surface area is 141 Å². The number of amides is 1. The zero-order chi connectivity index (χ0) is 17.8. The molecular weight excluding hydrogens is 332 g/mol. The number of furan rings is 1. The molecule has 7 heteroatoms. The highest BCUT2D eigenvalue weighted by molar-refractivity contribution is 6.05. The number of carbonyl (C=O) groups excluding carboxylic acids is 1. The minimum atomic E-state index is -2.90. The van der Waals surface area contributed by atoms with Crippen molar-refractivity contribution in [3.63, 3.8) is 0 Å². The molecule has 0 saturated carbocycles. The van der Waals surface area contributed by atoms with Crippen LogP contribution in [0, 0.1) is 0 Å². The number of benzene rings is 2. The van der Waals surface area contributed by atoms with Crippen LogP contribution >= 0.6 is 0 Å². The average molecular weight is 347 g/mol. The zero-order valence-corrected chi connectivity index (χ0v) is 13.0. The van der Waals surface area contributed by atoms with Crippen LogP contribution in [0.2, 0.25) is 0 Å². The SMILES string of the molecule is O=C(NCC(O)c1ccc(OC(F)F)cc1)c1coc2ccccc12. The Hall–Kier alpha value is -2.93. The van der Waals surface area contributed by atoms with Crippen molar-refractivity contribution in [2.45, 2.75) is 12.7 Å². The van der Waals surface area contributed by atoms with E-state index >= 15 is 0 Å². The second kappa shape index (κ2) is 7.31. The van der Waals surface area contributed by atoms with Gasteiger partial charge in [0.05, 0.1) is 11.7 Å². The molecule has 1 unspecified atom stereocenters. The first-order chi connectivity index (χ1) is 12.0. The fourth-order valence-corrected chi connectivity index (χ4v) is 2.43.